The number of halogens is 1. The normalized spacial score (nSPS) is 14.5. The largest absolute Gasteiger partial charge is 0.490 e. The lowest BCUT2D eigenvalue weighted by Gasteiger charge is -2.37. The van der Waals surface area contributed by atoms with Crippen LogP contribution in [-0.4, -0.2) is 39.4 Å². The van der Waals surface area contributed by atoms with Crippen molar-refractivity contribution in [1.82, 2.24) is 4.98 Å². The molecule has 8 heteroatoms. The van der Waals surface area contributed by atoms with Crippen molar-refractivity contribution in [3.05, 3.63) is 72.5 Å². The first-order chi connectivity index (χ1) is 15.4. The Morgan fingerprint density at radius 3 is 2.47 bits per heavy atom. The summed E-state index contributed by atoms with van der Waals surface area (Å²) in [7, 11) is -3.27. The van der Waals surface area contributed by atoms with Gasteiger partial charge in [-0.05, 0) is 47.5 Å². The van der Waals surface area contributed by atoms with Gasteiger partial charge in [0, 0.05) is 25.3 Å². The van der Waals surface area contributed by atoms with Gasteiger partial charge < -0.3 is 14.1 Å². The van der Waals surface area contributed by atoms with Gasteiger partial charge in [0.1, 0.15) is 5.52 Å². The van der Waals surface area contributed by atoms with Crippen molar-refractivity contribution >= 4 is 27.0 Å². The molecule has 1 aliphatic heterocycles. The van der Waals surface area contributed by atoms with E-state index in [4.69, 9.17) is 9.15 Å². The fourth-order valence-corrected chi connectivity index (χ4v) is 4.36. The minimum absolute atomic E-state index is 0.196. The van der Waals surface area contributed by atoms with E-state index in [-0.39, 0.29) is 16.6 Å². The fourth-order valence-electron chi connectivity index (χ4n) is 3.73. The molecular formula is C24H21FN2O4S. The summed E-state index contributed by atoms with van der Waals surface area (Å²) in [6, 6.07) is 19.4. The van der Waals surface area contributed by atoms with Gasteiger partial charge in [0.05, 0.1) is 11.5 Å². The van der Waals surface area contributed by atoms with Crippen molar-refractivity contribution in [1.29, 1.82) is 0 Å². The van der Waals surface area contributed by atoms with E-state index in [0.717, 1.165) is 36.0 Å². The average Bonchev–Trinajstić information content (AvgIpc) is 3.16. The van der Waals surface area contributed by atoms with Gasteiger partial charge in [0.25, 0.3) is 6.01 Å². The number of ether oxygens (including phenoxy) is 1. The van der Waals surface area contributed by atoms with Crippen LogP contribution < -0.4 is 9.64 Å². The highest BCUT2D eigenvalue weighted by atomic mass is 32.2. The van der Waals surface area contributed by atoms with Crippen molar-refractivity contribution in [3.63, 3.8) is 0 Å². The molecule has 3 aromatic carbocycles. The van der Waals surface area contributed by atoms with Gasteiger partial charge >= 0.3 is 0 Å². The number of aromatic nitrogens is 1. The molecule has 6 nitrogen and oxygen atoms in total. The molecule has 0 N–H and O–H groups in total. The van der Waals surface area contributed by atoms with E-state index in [9.17, 15) is 12.8 Å². The summed E-state index contributed by atoms with van der Waals surface area (Å²) in [6.07, 6.45) is 1.16. The Kier molecular flexibility index (Phi) is 5.09. The summed E-state index contributed by atoms with van der Waals surface area (Å²) < 4.78 is 49.2. The van der Waals surface area contributed by atoms with Gasteiger partial charge in [-0.25, -0.2) is 12.8 Å². The molecule has 2 heterocycles. The molecule has 1 aromatic heterocycles. The molecule has 1 saturated heterocycles. The first kappa shape index (κ1) is 20.5. The fraction of sp³-hybridized carbons (Fsp3) is 0.208. The smallest absolute Gasteiger partial charge is 0.298 e. The highest BCUT2D eigenvalue weighted by Gasteiger charge is 2.31. The lowest BCUT2D eigenvalue weighted by molar-refractivity contribution is 0.209. The lowest BCUT2D eigenvalue weighted by Crippen LogP contribution is -2.49. The van der Waals surface area contributed by atoms with E-state index in [0.29, 0.717) is 18.2 Å². The molecule has 1 aliphatic rings. The molecule has 0 unspecified atom stereocenters. The molecule has 1 fully saturated rings. The number of fused-ring (bicyclic) bond motifs is 1. The minimum Gasteiger partial charge on any atom is -0.490 e. The summed E-state index contributed by atoms with van der Waals surface area (Å²) in [4.78, 5) is 6.75. The molecule has 32 heavy (non-hydrogen) atoms. The van der Waals surface area contributed by atoms with Crippen LogP contribution in [0.4, 0.5) is 10.4 Å². The summed E-state index contributed by atoms with van der Waals surface area (Å²) in [5, 5.41) is 0. The third kappa shape index (κ3) is 4.05. The lowest BCUT2D eigenvalue weighted by atomic mass is 10.0. The number of rotatable bonds is 6. The zero-order chi connectivity index (χ0) is 22.3. The minimum atomic E-state index is -3.27. The predicted molar refractivity (Wildman–Crippen MR) is 120 cm³/mol. The number of hydrogen-bond acceptors (Lipinski definition) is 6. The molecule has 0 spiro atoms. The summed E-state index contributed by atoms with van der Waals surface area (Å²) in [5.74, 6) is -0.000681. The maximum Gasteiger partial charge on any atom is 0.298 e. The summed E-state index contributed by atoms with van der Waals surface area (Å²) in [5.41, 5.74) is 2.97. The van der Waals surface area contributed by atoms with Crippen LogP contribution in [-0.2, 0) is 9.84 Å². The molecule has 0 bridgehead atoms. The second-order valence-electron chi connectivity index (χ2n) is 7.99. The number of hydrogen-bond donors (Lipinski definition) is 0. The van der Waals surface area contributed by atoms with Crippen molar-refractivity contribution in [2.45, 2.75) is 4.90 Å². The second kappa shape index (κ2) is 7.94. The Morgan fingerprint density at radius 1 is 1.06 bits per heavy atom. The number of anilines is 1. The maximum absolute atomic E-state index is 14.6. The molecular weight excluding hydrogens is 431 g/mol. The maximum atomic E-state index is 14.6. The number of sulfone groups is 1. The van der Waals surface area contributed by atoms with Crippen molar-refractivity contribution in [2.75, 3.05) is 30.9 Å². The van der Waals surface area contributed by atoms with Crippen molar-refractivity contribution in [2.24, 2.45) is 5.92 Å². The second-order valence-corrected chi connectivity index (χ2v) is 10.0. The van der Waals surface area contributed by atoms with Gasteiger partial charge in [-0.2, -0.15) is 4.98 Å². The molecule has 0 amide bonds. The van der Waals surface area contributed by atoms with Crippen molar-refractivity contribution in [3.8, 4) is 16.9 Å². The van der Waals surface area contributed by atoms with Gasteiger partial charge in [-0.3, -0.25) is 0 Å². The van der Waals surface area contributed by atoms with Gasteiger partial charge in [-0.1, -0.05) is 30.3 Å². The van der Waals surface area contributed by atoms with Gasteiger partial charge in [-0.15, -0.1) is 0 Å². The van der Waals surface area contributed by atoms with Crippen molar-refractivity contribution < 1.29 is 22.0 Å². The zero-order valence-corrected chi connectivity index (χ0v) is 18.2. The van der Waals surface area contributed by atoms with E-state index in [1.165, 1.54) is 18.2 Å². The molecule has 0 atom stereocenters. The third-order valence-electron chi connectivity index (χ3n) is 5.53. The molecule has 0 saturated carbocycles. The average molecular weight is 453 g/mol. The standard InChI is InChI=1S/C24H21FN2O4S/c1-32(28,29)19-9-6-17(7-10-19)18-8-11-22(20(25)12-18)30-15-16-13-27(14-16)24-26-21-4-2-3-5-23(21)31-24/h2-12,16H,13-15H2,1H3. The van der Waals surface area contributed by atoms with E-state index in [1.54, 1.807) is 24.3 Å². The van der Waals surface area contributed by atoms with E-state index in [1.807, 2.05) is 29.2 Å². The Labute approximate surface area is 185 Å². The molecule has 4 aromatic rings. The molecule has 5 rings (SSSR count). The van der Waals surface area contributed by atoms with E-state index < -0.39 is 15.7 Å². The number of para-hydroxylation sites is 2. The summed E-state index contributed by atoms with van der Waals surface area (Å²) >= 11 is 0. The molecule has 0 aliphatic carbocycles. The van der Waals surface area contributed by atoms with Crippen LogP contribution in [0, 0.1) is 11.7 Å². The van der Waals surface area contributed by atoms with E-state index >= 15 is 0 Å². The van der Waals surface area contributed by atoms with Crippen LogP contribution in [0.25, 0.3) is 22.2 Å². The monoisotopic (exact) mass is 452 g/mol. The topological polar surface area (TPSA) is 72.6 Å². The highest BCUT2D eigenvalue weighted by Crippen LogP contribution is 2.30. The molecule has 0 radical (unpaired) electrons. The zero-order valence-electron chi connectivity index (χ0n) is 17.4. The first-order valence-corrected chi connectivity index (χ1v) is 12.1. The Hall–Kier alpha value is -3.39. The van der Waals surface area contributed by atoms with E-state index in [2.05, 4.69) is 4.98 Å². The number of benzene rings is 3. The number of oxazole rings is 1. The quantitative estimate of drug-likeness (QED) is 0.427. The third-order valence-corrected chi connectivity index (χ3v) is 6.66. The van der Waals surface area contributed by atoms with Crippen LogP contribution in [0.3, 0.4) is 0 Å². The van der Waals surface area contributed by atoms with Crippen LogP contribution in [0.5, 0.6) is 5.75 Å². The predicted octanol–water partition coefficient (Wildman–Crippen LogP) is 4.55. The Bertz CT molecular complexity index is 1340. The summed E-state index contributed by atoms with van der Waals surface area (Å²) in [6.45, 7) is 1.87. The van der Waals surface area contributed by atoms with Crippen LogP contribution in [0.1, 0.15) is 0 Å². The van der Waals surface area contributed by atoms with Crippen LogP contribution in [0.15, 0.2) is 76.0 Å². The Balaban J connectivity index is 1.19. The van der Waals surface area contributed by atoms with Crippen LogP contribution >= 0.6 is 0 Å². The SMILES string of the molecule is CS(=O)(=O)c1ccc(-c2ccc(OCC3CN(c4nc5ccccc5o4)C3)c(F)c2)cc1. The number of nitrogens with zero attached hydrogens (tertiary/aromatic N) is 2. The highest BCUT2D eigenvalue weighted by molar-refractivity contribution is 7.90. The Morgan fingerprint density at radius 2 is 1.78 bits per heavy atom. The molecule has 164 valence electrons. The van der Waals surface area contributed by atoms with Crippen LogP contribution in [0.2, 0.25) is 0 Å². The van der Waals surface area contributed by atoms with Gasteiger partial charge in [0.15, 0.2) is 27.0 Å². The van der Waals surface area contributed by atoms with Gasteiger partial charge in [0.2, 0.25) is 0 Å². The first-order valence-electron chi connectivity index (χ1n) is 10.2.